The van der Waals surface area contributed by atoms with Crippen molar-refractivity contribution in [3.63, 3.8) is 0 Å². The highest BCUT2D eigenvalue weighted by atomic mass is 35.5. The third-order valence-electron chi connectivity index (χ3n) is 5.82. The van der Waals surface area contributed by atoms with Crippen LogP contribution in [0.1, 0.15) is 42.0 Å². The minimum absolute atomic E-state index is 0.102. The zero-order valence-corrected chi connectivity index (χ0v) is 20.7. The summed E-state index contributed by atoms with van der Waals surface area (Å²) in [6.45, 7) is 5.08. The number of carbonyl (C=O) groups excluding carboxylic acids is 2. The van der Waals surface area contributed by atoms with Crippen molar-refractivity contribution in [2.75, 3.05) is 6.54 Å². The van der Waals surface area contributed by atoms with E-state index in [-0.39, 0.29) is 18.2 Å². The Morgan fingerprint density at radius 2 is 1.62 bits per heavy atom. The quantitative estimate of drug-likeness (QED) is 0.358. The standard InChI is InChI=1S/C29H33ClN2O2/c1-3-4-17-31-29(34)27(19-23-9-6-5-7-10-23)32(21-24-15-13-22(2)14-16-24)28(33)20-25-11-8-12-26(30)18-25/h5-16,18,27H,3-4,17,19-21H2,1-2H3,(H,31,34)/t27-/m1/s1. The zero-order chi connectivity index (χ0) is 24.3. The maximum atomic E-state index is 13.7. The van der Waals surface area contributed by atoms with Gasteiger partial charge in [-0.1, -0.05) is 97.2 Å². The molecule has 0 aliphatic carbocycles. The van der Waals surface area contributed by atoms with E-state index in [1.807, 2.05) is 73.7 Å². The van der Waals surface area contributed by atoms with Crippen LogP contribution in [0.25, 0.3) is 0 Å². The summed E-state index contributed by atoms with van der Waals surface area (Å²) in [6.07, 6.45) is 2.52. The van der Waals surface area contributed by atoms with E-state index in [4.69, 9.17) is 11.6 Å². The Morgan fingerprint density at radius 3 is 2.29 bits per heavy atom. The van der Waals surface area contributed by atoms with Crippen molar-refractivity contribution >= 4 is 23.4 Å². The van der Waals surface area contributed by atoms with Gasteiger partial charge in [0.25, 0.3) is 0 Å². The molecular weight excluding hydrogens is 444 g/mol. The maximum Gasteiger partial charge on any atom is 0.243 e. The second kappa shape index (κ2) is 13.0. The number of amides is 2. The maximum absolute atomic E-state index is 13.7. The van der Waals surface area contributed by atoms with E-state index in [2.05, 4.69) is 12.2 Å². The number of halogens is 1. The smallest absolute Gasteiger partial charge is 0.243 e. The Bertz CT molecular complexity index is 1070. The molecule has 3 aromatic carbocycles. The van der Waals surface area contributed by atoms with E-state index in [1.54, 1.807) is 17.0 Å². The molecule has 0 spiro atoms. The molecule has 0 saturated carbocycles. The van der Waals surface area contributed by atoms with Crippen LogP contribution < -0.4 is 5.32 Å². The van der Waals surface area contributed by atoms with E-state index in [0.29, 0.717) is 24.5 Å². The van der Waals surface area contributed by atoms with Gasteiger partial charge in [-0.3, -0.25) is 9.59 Å². The van der Waals surface area contributed by atoms with Crippen LogP contribution in [-0.4, -0.2) is 29.3 Å². The Morgan fingerprint density at radius 1 is 0.912 bits per heavy atom. The Hall–Kier alpha value is -3.11. The molecular formula is C29H33ClN2O2. The van der Waals surface area contributed by atoms with Crippen LogP contribution in [0.2, 0.25) is 5.02 Å². The zero-order valence-electron chi connectivity index (χ0n) is 20.0. The van der Waals surface area contributed by atoms with Crippen LogP contribution in [0.3, 0.4) is 0 Å². The minimum atomic E-state index is -0.618. The van der Waals surface area contributed by atoms with Crippen molar-refractivity contribution in [3.8, 4) is 0 Å². The van der Waals surface area contributed by atoms with E-state index in [1.165, 1.54) is 0 Å². The summed E-state index contributed by atoms with van der Waals surface area (Å²) in [6, 6.07) is 24.7. The lowest BCUT2D eigenvalue weighted by molar-refractivity contribution is -0.140. The number of nitrogens with zero attached hydrogens (tertiary/aromatic N) is 1. The average molecular weight is 477 g/mol. The first kappa shape index (κ1) is 25.5. The molecule has 0 aliphatic rings. The Kier molecular flexibility index (Phi) is 9.72. The van der Waals surface area contributed by atoms with Crippen molar-refractivity contribution in [3.05, 3.63) is 106 Å². The monoisotopic (exact) mass is 476 g/mol. The fourth-order valence-electron chi connectivity index (χ4n) is 3.87. The lowest BCUT2D eigenvalue weighted by atomic mass is 10.0. The van der Waals surface area contributed by atoms with Gasteiger partial charge < -0.3 is 10.2 Å². The summed E-state index contributed by atoms with van der Waals surface area (Å²) in [5, 5.41) is 3.64. The largest absolute Gasteiger partial charge is 0.354 e. The number of hydrogen-bond donors (Lipinski definition) is 1. The molecule has 0 fully saturated rings. The second-order valence-corrected chi connectivity index (χ2v) is 9.10. The van der Waals surface area contributed by atoms with Crippen LogP contribution in [0.4, 0.5) is 0 Å². The fraction of sp³-hybridized carbons (Fsp3) is 0.310. The number of hydrogen-bond acceptors (Lipinski definition) is 2. The van der Waals surface area contributed by atoms with Gasteiger partial charge in [0.05, 0.1) is 6.42 Å². The topological polar surface area (TPSA) is 49.4 Å². The second-order valence-electron chi connectivity index (χ2n) is 8.66. The van der Waals surface area contributed by atoms with Gasteiger partial charge in [-0.15, -0.1) is 0 Å². The molecule has 3 rings (SSSR count). The van der Waals surface area contributed by atoms with Crippen LogP contribution in [0.15, 0.2) is 78.9 Å². The molecule has 0 unspecified atom stereocenters. The first-order valence-electron chi connectivity index (χ1n) is 11.9. The summed E-state index contributed by atoms with van der Waals surface area (Å²) >= 11 is 6.15. The third kappa shape index (κ3) is 7.74. The summed E-state index contributed by atoms with van der Waals surface area (Å²) in [7, 11) is 0. The normalized spacial score (nSPS) is 11.6. The first-order chi connectivity index (χ1) is 16.5. The SMILES string of the molecule is CCCCNC(=O)[C@@H](Cc1ccccc1)N(Cc1ccc(C)cc1)C(=O)Cc1cccc(Cl)c1. The van der Waals surface area contributed by atoms with Gasteiger partial charge in [-0.05, 0) is 42.2 Å². The van der Waals surface area contributed by atoms with Gasteiger partial charge in [0.15, 0.2) is 0 Å². The summed E-state index contributed by atoms with van der Waals surface area (Å²) < 4.78 is 0. The number of rotatable bonds is 11. The van der Waals surface area contributed by atoms with Gasteiger partial charge in [0.2, 0.25) is 11.8 Å². The minimum Gasteiger partial charge on any atom is -0.354 e. The van der Waals surface area contributed by atoms with Crippen LogP contribution >= 0.6 is 11.6 Å². The number of carbonyl (C=O) groups is 2. The van der Waals surface area contributed by atoms with Crippen molar-refractivity contribution < 1.29 is 9.59 Å². The van der Waals surface area contributed by atoms with Gasteiger partial charge >= 0.3 is 0 Å². The highest BCUT2D eigenvalue weighted by molar-refractivity contribution is 6.30. The number of unbranched alkanes of at least 4 members (excludes halogenated alkanes) is 1. The number of benzene rings is 3. The predicted octanol–water partition coefficient (Wildman–Crippen LogP) is 5.75. The van der Waals surface area contributed by atoms with Gasteiger partial charge in [0.1, 0.15) is 6.04 Å². The van der Waals surface area contributed by atoms with E-state index >= 15 is 0 Å². The lowest BCUT2D eigenvalue weighted by Gasteiger charge is -2.32. The molecule has 0 saturated heterocycles. The predicted molar refractivity (Wildman–Crippen MR) is 139 cm³/mol. The molecule has 1 N–H and O–H groups in total. The van der Waals surface area contributed by atoms with Crippen molar-refractivity contribution in [2.24, 2.45) is 0 Å². The number of aryl methyl sites for hydroxylation is 1. The molecule has 178 valence electrons. The van der Waals surface area contributed by atoms with Gasteiger partial charge in [0, 0.05) is 24.5 Å². The van der Waals surface area contributed by atoms with Gasteiger partial charge in [-0.25, -0.2) is 0 Å². The highest BCUT2D eigenvalue weighted by Crippen LogP contribution is 2.18. The molecule has 0 aromatic heterocycles. The fourth-order valence-corrected chi connectivity index (χ4v) is 4.09. The van der Waals surface area contributed by atoms with Crippen molar-refractivity contribution in [2.45, 2.75) is 52.1 Å². The molecule has 2 amide bonds. The first-order valence-corrected chi connectivity index (χ1v) is 12.2. The Labute approximate surface area is 207 Å². The molecule has 4 nitrogen and oxygen atoms in total. The molecule has 3 aromatic rings. The van der Waals surface area contributed by atoms with Crippen LogP contribution in [-0.2, 0) is 29.0 Å². The molecule has 0 bridgehead atoms. The molecule has 0 heterocycles. The molecule has 1 atom stereocenters. The summed E-state index contributed by atoms with van der Waals surface area (Å²) in [5.41, 5.74) is 3.99. The Balaban J connectivity index is 1.93. The number of nitrogens with one attached hydrogen (secondary N) is 1. The molecule has 0 aliphatic heterocycles. The van der Waals surface area contributed by atoms with Crippen molar-refractivity contribution in [1.29, 1.82) is 0 Å². The van der Waals surface area contributed by atoms with E-state index in [0.717, 1.165) is 35.1 Å². The van der Waals surface area contributed by atoms with Crippen LogP contribution in [0.5, 0.6) is 0 Å². The summed E-state index contributed by atoms with van der Waals surface area (Å²) in [4.78, 5) is 28.8. The lowest BCUT2D eigenvalue weighted by Crippen LogP contribution is -2.51. The van der Waals surface area contributed by atoms with Gasteiger partial charge in [-0.2, -0.15) is 0 Å². The molecule has 0 radical (unpaired) electrons. The third-order valence-corrected chi connectivity index (χ3v) is 6.05. The van der Waals surface area contributed by atoms with E-state index < -0.39 is 6.04 Å². The van der Waals surface area contributed by atoms with E-state index in [9.17, 15) is 9.59 Å². The molecule has 34 heavy (non-hydrogen) atoms. The van der Waals surface area contributed by atoms with Crippen molar-refractivity contribution in [1.82, 2.24) is 10.2 Å². The summed E-state index contributed by atoms with van der Waals surface area (Å²) in [5.74, 6) is -0.224. The van der Waals surface area contributed by atoms with Crippen LogP contribution in [0, 0.1) is 6.92 Å². The molecule has 5 heteroatoms. The average Bonchev–Trinajstić information content (AvgIpc) is 2.83. The highest BCUT2D eigenvalue weighted by Gasteiger charge is 2.30.